The molecule has 0 radical (unpaired) electrons. The molecule has 4 nitrogen and oxygen atoms in total. The number of rotatable bonds is 6. The average molecular weight is 366 g/mol. The maximum absolute atomic E-state index is 14.3. The van der Waals surface area contributed by atoms with Crippen LogP contribution >= 0.6 is 0 Å². The zero-order valence-corrected chi connectivity index (χ0v) is 15.6. The summed E-state index contributed by atoms with van der Waals surface area (Å²) in [5.41, 5.74) is 1.08. The topological polar surface area (TPSA) is 55.1 Å². The van der Waals surface area contributed by atoms with Gasteiger partial charge in [-0.05, 0) is 36.5 Å². The van der Waals surface area contributed by atoms with Crippen LogP contribution in [0.1, 0.15) is 38.1 Å². The van der Waals surface area contributed by atoms with Gasteiger partial charge in [0.25, 0.3) is 0 Å². The fraction of sp³-hybridized carbons (Fsp3) is 0.364. The van der Waals surface area contributed by atoms with Crippen molar-refractivity contribution < 1.29 is 13.6 Å². The molecule has 27 heavy (non-hydrogen) atoms. The minimum absolute atomic E-state index is 0.102. The number of nitrogens with one attached hydrogen (secondary N) is 1. The second-order valence-corrected chi connectivity index (χ2v) is 7.88. The fourth-order valence-corrected chi connectivity index (χ4v) is 4.02. The number of nitrogens with zero attached hydrogens (tertiary/aromatic N) is 1. The predicted molar refractivity (Wildman–Crippen MR) is 102 cm³/mol. The number of amides is 1. The first kappa shape index (κ1) is 17.7. The number of fused-ring (bicyclic) bond motifs is 1. The molecule has 1 saturated carbocycles. The van der Waals surface area contributed by atoms with Crippen LogP contribution in [0.4, 0.5) is 4.39 Å². The van der Waals surface area contributed by atoms with Gasteiger partial charge < -0.3 is 9.73 Å². The van der Waals surface area contributed by atoms with Crippen LogP contribution in [0.2, 0.25) is 0 Å². The highest BCUT2D eigenvalue weighted by atomic mass is 19.1. The lowest BCUT2D eigenvalue weighted by atomic mass is 9.86. The van der Waals surface area contributed by atoms with Crippen LogP contribution < -0.4 is 5.32 Å². The number of hydrogen-bond acceptors (Lipinski definition) is 3. The average Bonchev–Trinajstić information content (AvgIpc) is 3.02. The quantitative estimate of drug-likeness (QED) is 0.659. The molecule has 5 heteroatoms. The molecular weight excluding hydrogens is 343 g/mol. The maximum Gasteiger partial charge on any atom is 0.231 e. The van der Waals surface area contributed by atoms with E-state index in [1.165, 1.54) is 6.07 Å². The summed E-state index contributed by atoms with van der Waals surface area (Å²) in [6.45, 7) is 4.53. The Kier molecular flexibility index (Phi) is 4.25. The van der Waals surface area contributed by atoms with E-state index in [-0.39, 0.29) is 17.1 Å². The zero-order valence-electron chi connectivity index (χ0n) is 15.6. The molecular formula is C22H23FN2O2. The van der Waals surface area contributed by atoms with Crippen LogP contribution in [0.25, 0.3) is 11.1 Å². The molecule has 0 bridgehead atoms. The summed E-state index contributed by atoms with van der Waals surface area (Å²) < 4.78 is 20.0. The third-order valence-electron chi connectivity index (χ3n) is 5.65. The second-order valence-electron chi connectivity index (χ2n) is 7.88. The highest BCUT2D eigenvalue weighted by molar-refractivity contribution is 5.93. The van der Waals surface area contributed by atoms with E-state index in [0.29, 0.717) is 37.3 Å². The first-order valence-electron chi connectivity index (χ1n) is 9.32. The number of aromatic nitrogens is 1. The van der Waals surface area contributed by atoms with E-state index in [9.17, 15) is 9.18 Å². The van der Waals surface area contributed by atoms with Crippen molar-refractivity contribution in [2.45, 2.75) is 38.5 Å². The maximum atomic E-state index is 14.3. The van der Waals surface area contributed by atoms with Crippen molar-refractivity contribution in [1.82, 2.24) is 10.3 Å². The smallest absolute Gasteiger partial charge is 0.231 e. The largest absolute Gasteiger partial charge is 0.441 e. The van der Waals surface area contributed by atoms with Crippen LogP contribution in [-0.2, 0) is 16.6 Å². The molecule has 1 fully saturated rings. The van der Waals surface area contributed by atoms with Crippen molar-refractivity contribution in [1.29, 1.82) is 0 Å². The number of halogens is 1. The van der Waals surface area contributed by atoms with E-state index in [0.717, 1.165) is 11.1 Å². The van der Waals surface area contributed by atoms with Gasteiger partial charge in [-0.25, -0.2) is 9.37 Å². The molecule has 0 unspecified atom stereocenters. The van der Waals surface area contributed by atoms with Crippen LogP contribution in [0, 0.1) is 11.2 Å². The summed E-state index contributed by atoms with van der Waals surface area (Å²) in [5.74, 6) is 0.251. The van der Waals surface area contributed by atoms with Crippen molar-refractivity contribution in [3.63, 3.8) is 0 Å². The Balaban J connectivity index is 1.39. The molecule has 0 spiro atoms. The predicted octanol–water partition coefficient (Wildman–Crippen LogP) is 4.38. The first-order valence-corrected chi connectivity index (χ1v) is 9.32. The molecule has 4 rings (SSSR count). The van der Waals surface area contributed by atoms with Crippen LogP contribution in [0.15, 0.2) is 52.9 Å². The Morgan fingerprint density at radius 1 is 1.19 bits per heavy atom. The Labute approximate surface area is 157 Å². The zero-order chi connectivity index (χ0) is 19.1. The summed E-state index contributed by atoms with van der Waals surface area (Å²) in [6.07, 6.45) is 2.01. The van der Waals surface area contributed by atoms with Gasteiger partial charge in [-0.1, -0.05) is 44.2 Å². The standard InChI is InChI=1S/C22H23FN2O2/c1-21(2)14-22(21,15-8-3-4-9-16(15)23)20(26)24-13-7-12-19-25-17-10-5-6-11-18(17)27-19/h3-6,8-11H,7,12-14H2,1-2H3,(H,24,26)/t22-/m0/s1. The molecule has 1 amide bonds. The monoisotopic (exact) mass is 366 g/mol. The van der Waals surface area contributed by atoms with E-state index >= 15 is 0 Å². The summed E-state index contributed by atoms with van der Waals surface area (Å²) >= 11 is 0. The molecule has 1 atom stereocenters. The SMILES string of the molecule is CC1(C)C[C@@]1(C(=O)NCCCc1nc2ccccc2o1)c1ccccc1F. The Morgan fingerprint density at radius 3 is 2.59 bits per heavy atom. The first-order chi connectivity index (χ1) is 12.9. The van der Waals surface area contributed by atoms with Gasteiger partial charge in [0.15, 0.2) is 11.5 Å². The van der Waals surface area contributed by atoms with Gasteiger partial charge in [-0.2, -0.15) is 0 Å². The van der Waals surface area contributed by atoms with Gasteiger partial charge in [-0.3, -0.25) is 4.79 Å². The number of hydrogen-bond donors (Lipinski definition) is 1. The van der Waals surface area contributed by atoms with Crippen molar-refractivity contribution in [3.05, 3.63) is 65.8 Å². The molecule has 3 aromatic rings. The van der Waals surface area contributed by atoms with Gasteiger partial charge >= 0.3 is 0 Å². The molecule has 1 heterocycles. The van der Waals surface area contributed by atoms with Gasteiger partial charge in [0.1, 0.15) is 11.3 Å². The van der Waals surface area contributed by atoms with E-state index in [1.807, 2.05) is 38.1 Å². The Hall–Kier alpha value is -2.69. The van der Waals surface area contributed by atoms with Gasteiger partial charge in [0.2, 0.25) is 5.91 Å². The molecule has 140 valence electrons. The molecule has 1 aromatic heterocycles. The van der Waals surface area contributed by atoms with Crippen LogP contribution in [-0.4, -0.2) is 17.4 Å². The van der Waals surface area contributed by atoms with E-state index in [2.05, 4.69) is 10.3 Å². The number of aryl methyl sites for hydroxylation is 1. The number of carbonyl (C=O) groups excluding carboxylic acids is 1. The molecule has 2 aromatic carbocycles. The number of para-hydroxylation sites is 2. The molecule has 1 N–H and O–H groups in total. The summed E-state index contributed by atoms with van der Waals surface area (Å²) in [4.78, 5) is 17.4. The number of carbonyl (C=O) groups is 1. The highest BCUT2D eigenvalue weighted by Crippen LogP contribution is 2.64. The second kappa shape index (κ2) is 6.48. The third-order valence-corrected chi connectivity index (χ3v) is 5.65. The van der Waals surface area contributed by atoms with Crippen LogP contribution in [0.3, 0.4) is 0 Å². The molecule has 0 saturated heterocycles. The van der Waals surface area contributed by atoms with Gasteiger partial charge in [0, 0.05) is 18.5 Å². The summed E-state index contributed by atoms with van der Waals surface area (Å²) in [6, 6.07) is 14.2. The minimum atomic E-state index is -0.782. The number of benzene rings is 2. The van der Waals surface area contributed by atoms with Crippen molar-refractivity contribution in [3.8, 4) is 0 Å². The van der Waals surface area contributed by atoms with E-state index < -0.39 is 5.41 Å². The molecule has 1 aliphatic rings. The van der Waals surface area contributed by atoms with Crippen molar-refractivity contribution in [2.75, 3.05) is 6.54 Å². The van der Waals surface area contributed by atoms with E-state index in [1.54, 1.807) is 18.2 Å². The lowest BCUT2D eigenvalue weighted by Gasteiger charge is -2.21. The van der Waals surface area contributed by atoms with Gasteiger partial charge in [0.05, 0.1) is 5.41 Å². The molecule has 1 aliphatic carbocycles. The lowest BCUT2D eigenvalue weighted by molar-refractivity contribution is -0.124. The normalized spacial score (nSPS) is 20.6. The minimum Gasteiger partial charge on any atom is -0.441 e. The molecule has 0 aliphatic heterocycles. The third kappa shape index (κ3) is 3.01. The van der Waals surface area contributed by atoms with Gasteiger partial charge in [-0.15, -0.1) is 0 Å². The van der Waals surface area contributed by atoms with Crippen molar-refractivity contribution in [2.24, 2.45) is 5.41 Å². The summed E-state index contributed by atoms with van der Waals surface area (Å²) in [7, 11) is 0. The summed E-state index contributed by atoms with van der Waals surface area (Å²) in [5, 5.41) is 3.00. The Bertz CT molecular complexity index is 962. The van der Waals surface area contributed by atoms with Crippen LogP contribution in [0.5, 0.6) is 0 Å². The lowest BCUT2D eigenvalue weighted by Crippen LogP contribution is -2.39. The highest BCUT2D eigenvalue weighted by Gasteiger charge is 2.67. The number of oxazole rings is 1. The van der Waals surface area contributed by atoms with E-state index in [4.69, 9.17) is 4.42 Å². The fourth-order valence-electron chi connectivity index (χ4n) is 4.02. The Morgan fingerprint density at radius 2 is 1.89 bits per heavy atom. The van der Waals surface area contributed by atoms with Crippen molar-refractivity contribution >= 4 is 17.0 Å².